The molecule has 2 aromatic carbocycles. The lowest BCUT2D eigenvalue weighted by atomic mass is 10.1. The van der Waals surface area contributed by atoms with Gasteiger partial charge in [0.1, 0.15) is 0 Å². The maximum atomic E-state index is 12.0. The summed E-state index contributed by atoms with van der Waals surface area (Å²) in [6.45, 7) is 3.76. The second-order valence-electron chi connectivity index (χ2n) is 5.81. The van der Waals surface area contributed by atoms with E-state index in [0.29, 0.717) is 12.1 Å². The Kier molecular flexibility index (Phi) is 8.61. The molecular formula is C19H25ClN4O2. The van der Waals surface area contributed by atoms with Gasteiger partial charge in [0.25, 0.3) is 0 Å². The molecule has 0 bridgehead atoms. The number of urea groups is 1. The molecule has 5 N–H and O–H groups in total. The van der Waals surface area contributed by atoms with Gasteiger partial charge < -0.3 is 21.7 Å². The van der Waals surface area contributed by atoms with Crippen LogP contribution in [0.1, 0.15) is 31.9 Å². The maximum absolute atomic E-state index is 12.0. The molecule has 0 aliphatic carbocycles. The number of hydrogen-bond acceptors (Lipinski definition) is 3. The quantitative estimate of drug-likeness (QED) is 0.619. The van der Waals surface area contributed by atoms with Gasteiger partial charge in [-0.05, 0) is 43.2 Å². The Morgan fingerprint density at radius 1 is 0.962 bits per heavy atom. The van der Waals surface area contributed by atoms with Gasteiger partial charge in [0.05, 0.1) is 12.1 Å². The number of rotatable bonds is 6. The second-order valence-corrected chi connectivity index (χ2v) is 5.81. The highest BCUT2D eigenvalue weighted by Crippen LogP contribution is 2.16. The van der Waals surface area contributed by atoms with Gasteiger partial charge >= 0.3 is 6.03 Å². The fraction of sp³-hybridized carbons (Fsp3) is 0.263. The zero-order valence-electron chi connectivity index (χ0n) is 14.9. The highest BCUT2D eigenvalue weighted by molar-refractivity contribution is 5.99. The minimum absolute atomic E-state index is 0. The Labute approximate surface area is 160 Å². The summed E-state index contributed by atoms with van der Waals surface area (Å²) in [6.07, 6.45) is 0.595. The average Bonchev–Trinajstić information content (AvgIpc) is 2.62. The van der Waals surface area contributed by atoms with Gasteiger partial charge in [0.2, 0.25) is 5.91 Å². The molecule has 6 nitrogen and oxygen atoms in total. The summed E-state index contributed by atoms with van der Waals surface area (Å²) < 4.78 is 0. The molecule has 0 aliphatic rings. The number of nitrogens with two attached hydrogens (primary N) is 1. The monoisotopic (exact) mass is 376 g/mol. The van der Waals surface area contributed by atoms with Crippen LogP contribution in [0, 0.1) is 0 Å². The Morgan fingerprint density at radius 2 is 1.50 bits per heavy atom. The highest BCUT2D eigenvalue weighted by Gasteiger charge is 2.14. The number of nitrogens with one attached hydrogen (secondary N) is 3. The molecule has 26 heavy (non-hydrogen) atoms. The third-order valence-corrected chi connectivity index (χ3v) is 3.84. The van der Waals surface area contributed by atoms with Gasteiger partial charge in [-0.1, -0.05) is 37.3 Å². The molecule has 0 aromatic heterocycles. The van der Waals surface area contributed by atoms with Crippen molar-refractivity contribution in [1.82, 2.24) is 5.32 Å². The minimum Gasteiger partial charge on any atom is -0.348 e. The van der Waals surface area contributed by atoms with E-state index in [1.165, 1.54) is 0 Å². The number of benzene rings is 2. The van der Waals surface area contributed by atoms with Crippen molar-refractivity contribution in [1.29, 1.82) is 0 Å². The smallest absolute Gasteiger partial charge is 0.323 e. The van der Waals surface area contributed by atoms with Crippen LogP contribution in [0.5, 0.6) is 0 Å². The van der Waals surface area contributed by atoms with Crippen LogP contribution >= 0.6 is 12.4 Å². The summed E-state index contributed by atoms with van der Waals surface area (Å²) in [5.41, 5.74) is 8.04. The predicted octanol–water partition coefficient (Wildman–Crippen LogP) is 3.67. The average molecular weight is 377 g/mol. The van der Waals surface area contributed by atoms with Crippen molar-refractivity contribution in [2.24, 2.45) is 5.73 Å². The highest BCUT2D eigenvalue weighted by atomic mass is 35.5. The van der Waals surface area contributed by atoms with Gasteiger partial charge in [-0.3, -0.25) is 4.79 Å². The number of para-hydroxylation sites is 1. The number of carbonyl (C=O) groups excluding carboxylic acids is 2. The first-order chi connectivity index (χ1) is 12.0. The number of hydrogen-bond donors (Lipinski definition) is 4. The summed E-state index contributed by atoms with van der Waals surface area (Å²) in [7, 11) is 0. The number of carbonyl (C=O) groups is 2. The van der Waals surface area contributed by atoms with Crippen molar-refractivity contribution < 1.29 is 9.59 Å². The third kappa shape index (κ3) is 6.38. The molecule has 2 aromatic rings. The van der Waals surface area contributed by atoms with Crippen LogP contribution in [0.2, 0.25) is 0 Å². The minimum atomic E-state index is -0.495. The number of halogens is 1. The van der Waals surface area contributed by atoms with Gasteiger partial charge in [-0.15, -0.1) is 12.4 Å². The number of amides is 3. The second kappa shape index (κ2) is 10.4. The Balaban J connectivity index is 0.00000338. The van der Waals surface area contributed by atoms with Gasteiger partial charge in [-0.2, -0.15) is 0 Å². The van der Waals surface area contributed by atoms with E-state index < -0.39 is 6.04 Å². The van der Waals surface area contributed by atoms with Crippen LogP contribution in [0.15, 0.2) is 54.6 Å². The fourth-order valence-corrected chi connectivity index (χ4v) is 2.26. The Bertz CT molecular complexity index is 707. The summed E-state index contributed by atoms with van der Waals surface area (Å²) in [6, 6.07) is 15.6. The van der Waals surface area contributed by atoms with Gasteiger partial charge in [0.15, 0.2) is 0 Å². The van der Waals surface area contributed by atoms with E-state index in [0.717, 1.165) is 11.3 Å². The van der Waals surface area contributed by atoms with Gasteiger partial charge in [-0.25, -0.2) is 4.79 Å². The van der Waals surface area contributed by atoms with E-state index in [-0.39, 0.29) is 30.4 Å². The molecule has 7 heteroatoms. The topological polar surface area (TPSA) is 96.2 Å². The maximum Gasteiger partial charge on any atom is 0.323 e. The van der Waals surface area contributed by atoms with Crippen LogP contribution < -0.4 is 21.7 Å². The van der Waals surface area contributed by atoms with Crippen molar-refractivity contribution >= 4 is 35.7 Å². The number of anilines is 2. The molecule has 0 fully saturated rings. The molecule has 2 rings (SSSR count). The lowest BCUT2D eigenvalue weighted by Crippen LogP contribution is -2.41. The molecule has 0 saturated heterocycles. The van der Waals surface area contributed by atoms with Crippen LogP contribution in [-0.4, -0.2) is 18.0 Å². The van der Waals surface area contributed by atoms with E-state index in [4.69, 9.17) is 5.73 Å². The fourth-order valence-electron chi connectivity index (χ4n) is 2.26. The van der Waals surface area contributed by atoms with E-state index in [2.05, 4.69) is 16.0 Å². The summed E-state index contributed by atoms with van der Waals surface area (Å²) in [5, 5.41) is 8.40. The van der Waals surface area contributed by atoms with Crippen molar-refractivity contribution in [2.75, 3.05) is 10.6 Å². The largest absolute Gasteiger partial charge is 0.348 e. The van der Waals surface area contributed by atoms with E-state index in [1.54, 1.807) is 12.1 Å². The molecule has 0 heterocycles. The zero-order valence-corrected chi connectivity index (χ0v) is 15.7. The molecule has 0 radical (unpaired) electrons. The summed E-state index contributed by atoms with van der Waals surface area (Å²) in [5.74, 6) is -0.167. The molecular weight excluding hydrogens is 352 g/mol. The van der Waals surface area contributed by atoms with E-state index >= 15 is 0 Å². The summed E-state index contributed by atoms with van der Waals surface area (Å²) >= 11 is 0. The Morgan fingerprint density at radius 3 is 2.04 bits per heavy atom. The zero-order chi connectivity index (χ0) is 18.2. The first-order valence-electron chi connectivity index (χ1n) is 8.28. The van der Waals surface area contributed by atoms with E-state index in [9.17, 15) is 9.59 Å². The van der Waals surface area contributed by atoms with E-state index in [1.807, 2.05) is 56.3 Å². The first kappa shape index (κ1) is 21.5. The van der Waals surface area contributed by atoms with Crippen LogP contribution in [-0.2, 0) is 4.79 Å². The predicted molar refractivity (Wildman–Crippen MR) is 108 cm³/mol. The van der Waals surface area contributed by atoms with Crippen LogP contribution in [0.25, 0.3) is 0 Å². The summed E-state index contributed by atoms with van der Waals surface area (Å²) in [4.78, 5) is 23.8. The molecule has 140 valence electrons. The molecule has 1 unspecified atom stereocenters. The van der Waals surface area contributed by atoms with Gasteiger partial charge in [0, 0.05) is 11.4 Å². The molecule has 0 spiro atoms. The normalized spacial score (nSPS) is 12.3. The van der Waals surface area contributed by atoms with Crippen molar-refractivity contribution in [3.05, 3.63) is 60.2 Å². The first-order valence-corrected chi connectivity index (χ1v) is 8.28. The standard InChI is InChI=1S/C19H24N4O2.ClH/c1-3-17(20)18(24)21-13(2)14-9-11-16(12-10-14)23-19(25)22-15-7-5-4-6-8-15;/h4-13,17H,3,20H2,1-2H3,(H,21,24)(H2,22,23,25);1H/t13?,17-;/m0./s1. The third-order valence-electron chi connectivity index (χ3n) is 3.84. The Hall–Kier alpha value is -2.57. The molecule has 0 aliphatic heterocycles. The molecule has 0 saturated carbocycles. The van der Waals surface area contributed by atoms with Crippen LogP contribution in [0.4, 0.5) is 16.2 Å². The SMILES string of the molecule is CC[C@H](N)C(=O)NC(C)c1ccc(NC(=O)Nc2ccccc2)cc1.Cl. The molecule has 2 atom stereocenters. The molecule has 3 amide bonds. The van der Waals surface area contributed by atoms with Crippen molar-refractivity contribution in [3.63, 3.8) is 0 Å². The van der Waals surface area contributed by atoms with Crippen molar-refractivity contribution in [3.8, 4) is 0 Å². The lowest BCUT2D eigenvalue weighted by molar-refractivity contribution is -0.123. The van der Waals surface area contributed by atoms with Crippen molar-refractivity contribution in [2.45, 2.75) is 32.4 Å². The van der Waals surface area contributed by atoms with Crippen LogP contribution in [0.3, 0.4) is 0 Å². The lowest BCUT2D eigenvalue weighted by Gasteiger charge is -2.17.